The number of benzene rings is 1. The molecule has 1 amide bonds. The monoisotopic (exact) mass is 349 g/mol. The predicted octanol–water partition coefficient (Wildman–Crippen LogP) is 2.63. The van der Waals surface area contributed by atoms with E-state index >= 15 is 0 Å². The summed E-state index contributed by atoms with van der Waals surface area (Å²) >= 11 is 0. The predicted molar refractivity (Wildman–Crippen MR) is 101 cm³/mol. The van der Waals surface area contributed by atoms with E-state index in [1.165, 1.54) is 0 Å². The van der Waals surface area contributed by atoms with Crippen molar-refractivity contribution in [3.63, 3.8) is 0 Å². The standard InChI is InChI=1S/C18H27N3O2S/c1-14(19-24(23)18(3,4)5)16-6-8-17(9-7-16)21-12-10-20(11-13-21)15(2)22/h6-9H,10-13H2,1-5H3/t24-/m1/s1. The molecular weight excluding hydrogens is 322 g/mol. The van der Waals surface area contributed by atoms with Gasteiger partial charge in [0.25, 0.3) is 0 Å². The Morgan fingerprint density at radius 1 is 1.04 bits per heavy atom. The largest absolute Gasteiger partial charge is 0.368 e. The number of nitrogens with zero attached hydrogens (tertiary/aromatic N) is 3. The average molecular weight is 350 g/mol. The Labute approximate surface area is 147 Å². The maximum atomic E-state index is 12.1. The summed E-state index contributed by atoms with van der Waals surface area (Å²) in [6.07, 6.45) is 0. The molecule has 132 valence electrons. The lowest BCUT2D eigenvalue weighted by atomic mass is 10.1. The summed E-state index contributed by atoms with van der Waals surface area (Å²) in [7, 11) is -1.25. The minimum atomic E-state index is -1.25. The highest BCUT2D eigenvalue weighted by Gasteiger charge is 2.20. The van der Waals surface area contributed by atoms with Crippen molar-refractivity contribution in [2.75, 3.05) is 31.1 Å². The number of anilines is 1. The highest BCUT2D eigenvalue weighted by molar-refractivity contribution is 7.85. The Kier molecular flexibility index (Phi) is 5.80. The van der Waals surface area contributed by atoms with Crippen LogP contribution in [-0.2, 0) is 15.8 Å². The molecule has 6 heteroatoms. The Morgan fingerprint density at radius 3 is 2.04 bits per heavy atom. The summed E-state index contributed by atoms with van der Waals surface area (Å²) in [6.45, 7) is 12.5. The van der Waals surface area contributed by atoms with Crippen molar-refractivity contribution >= 4 is 28.3 Å². The second-order valence-corrected chi connectivity index (χ2v) is 8.98. The third kappa shape index (κ3) is 4.66. The summed E-state index contributed by atoms with van der Waals surface area (Å²) in [5.41, 5.74) is 2.92. The van der Waals surface area contributed by atoms with E-state index in [1.807, 2.05) is 44.7 Å². The van der Waals surface area contributed by atoms with Crippen molar-refractivity contribution in [2.24, 2.45) is 4.40 Å². The molecule has 1 atom stereocenters. The van der Waals surface area contributed by atoms with Gasteiger partial charge in [-0.1, -0.05) is 12.1 Å². The molecule has 0 unspecified atom stereocenters. The smallest absolute Gasteiger partial charge is 0.219 e. The van der Waals surface area contributed by atoms with Crippen LogP contribution in [0, 0.1) is 0 Å². The minimum Gasteiger partial charge on any atom is -0.368 e. The molecule has 1 aromatic rings. The number of amides is 1. The lowest BCUT2D eigenvalue weighted by Crippen LogP contribution is -2.48. The van der Waals surface area contributed by atoms with E-state index in [1.54, 1.807) is 6.92 Å². The van der Waals surface area contributed by atoms with Crippen molar-refractivity contribution in [3.8, 4) is 0 Å². The van der Waals surface area contributed by atoms with Crippen LogP contribution in [0.2, 0.25) is 0 Å². The molecule has 0 spiro atoms. The van der Waals surface area contributed by atoms with Crippen LogP contribution in [0.4, 0.5) is 5.69 Å². The van der Waals surface area contributed by atoms with Crippen molar-refractivity contribution < 1.29 is 9.00 Å². The Morgan fingerprint density at radius 2 is 1.58 bits per heavy atom. The highest BCUT2D eigenvalue weighted by atomic mass is 32.2. The number of hydrogen-bond acceptors (Lipinski definition) is 3. The van der Waals surface area contributed by atoms with E-state index in [0.29, 0.717) is 0 Å². The molecule has 1 aliphatic heterocycles. The summed E-state index contributed by atoms with van der Waals surface area (Å²) in [5.74, 6) is 0.142. The second kappa shape index (κ2) is 7.47. The Balaban J connectivity index is 2.05. The van der Waals surface area contributed by atoms with Gasteiger partial charge < -0.3 is 9.80 Å². The summed E-state index contributed by atoms with van der Waals surface area (Å²) in [5, 5.41) is 0. The van der Waals surface area contributed by atoms with Crippen molar-refractivity contribution in [1.82, 2.24) is 4.90 Å². The van der Waals surface area contributed by atoms with Crippen LogP contribution < -0.4 is 4.90 Å². The quantitative estimate of drug-likeness (QED) is 0.788. The minimum absolute atomic E-state index is 0.142. The molecule has 0 bridgehead atoms. The fourth-order valence-corrected chi connectivity index (χ4v) is 3.14. The SMILES string of the molecule is CC(=O)N1CCN(c2ccc(C(C)=N[S@](=O)C(C)(C)C)cc2)CC1. The van der Waals surface area contributed by atoms with Gasteiger partial charge in [-0.2, -0.15) is 4.40 Å². The van der Waals surface area contributed by atoms with Crippen molar-refractivity contribution in [1.29, 1.82) is 0 Å². The van der Waals surface area contributed by atoms with Gasteiger partial charge in [-0.05, 0) is 45.4 Å². The van der Waals surface area contributed by atoms with E-state index in [0.717, 1.165) is 43.1 Å². The third-order valence-corrected chi connectivity index (χ3v) is 5.61. The first-order chi connectivity index (χ1) is 11.2. The van der Waals surface area contributed by atoms with Crippen molar-refractivity contribution in [3.05, 3.63) is 29.8 Å². The maximum Gasteiger partial charge on any atom is 0.219 e. The molecule has 0 radical (unpaired) electrons. The van der Waals surface area contributed by atoms with Crippen LogP contribution in [0.3, 0.4) is 0 Å². The van der Waals surface area contributed by atoms with E-state index in [2.05, 4.69) is 21.4 Å². The van der Waals surface area contributed by atoms with Gasteiger partial charge >= 0.3 is 0 Å². The van der Waals surface area contributed by atoms with Gasteiger partial charge in [0.15, 0.2) is 0 Å². The molecule has 0 saturated carbocycles. The van der Waals surface area contributed by atoms with Crippen LogP contribution in [0.1, 0.15) is 40.2 Å². The van der Waals surface area contributed by atoms with Gasteiger partial charge in [0.05, 0.1) is 10.5 Å². The zero-order valence-electron chi connectivity index (χ0n) is 15.2. The maximum absolute atomic E-state index is 12.1. The van der Waals surface area contributed by atoms with Crippen LogP contribution in [0.5, 0.6) is 0 Å². The molecule has 24 heavy (non-hydrogen) atoms. The van der Waals surface area contributed by atoms with Crippen LogP contribution >= 0.6 is 0 Å². The molecule has 0 N–H and O–H groups in total. The average Bonchev–Trinajstić information content (AvgIpc) is 2.54. The summed E-state index contributed by atoms with van der Waals surface area (Å²) in [4.78, 5) is 15.5. The zero-order chi connectivity index (χ0) is 17.9. The van der Waals surface area contributed by atoms with E-state index in [4.69, 9.17) is 0 Å². The molecule has 1 heterocycles. The fraction of sp³-hybridized carbons (Fsp3) is 0.556. The molecule has 0 aliphatic carbocycles. The van der Waals surface area contributed by atoms with Crippen LogP contribution in [-0.4, -0.2) is 51.7 Å². The molecule has 1 saturated heterocycles. The van der Waals surface area contributed by atoms with Gasteiger partial charge in [0.1, 0.15) is 11.0 Å². The van der Waals surface area contributed by atoms with E-state index in [9.17, 15) is 9.00 Å². The van der Waals surface area contributed by atoms with Gasteiger partial charge in [0, 0.05) is 38.8 Å². The Bertz CT molecular complexity index is 639. The van der Waals surface area contributed by atoms with Gasteiger partial charge in [-0.25, -0.2) is 4.21 Å². The second-order valence-electron chi connectivity index (χ2n) is 7.08. The van der Waals surface area contributed by atoms with Crippen molar-refractivity contribution in [2.45, 2.75) is 39.4 Å². The Hall–Kier alpha value is -1.69. The summed E-state index contributed by atoms with van der Waals surface area (Å²) in [6, 6.07) is 8.17. The molecule has 1 aromatic carbocycles. The van der Waals surface area contributed by atoms with E-state index in [-0.39, 0.29) is 10.7 Å². The first-order valence-electron chi connectivity index (χ1n) is 8.26. The van der Waals surface area contributed by atoms with Crippen LogP contribution in [0.15, 0.2) is 28.7 Å². The zero-order valence-corrected chi connectivity index (χ0v) is 16.0. The molecule has 1 aliphatic rings. The first kappa shape index (κ1) is 18.6. The highest BCUT2D eigenvalue weighted by Crippen LogP contribution is 2.19. The molecular formula is C18H27N3O2S. The molecule has 1 fully saturated rings. The van der Waals surface area contributed by atoms with Gasteiger partial charge in [-0.15, -0.1) is 0 Å². The summed E-state index contributed by atoms with van der Waals surface area (Å²) < 4.78 is 16.1. The van der Waals surface area contributed by atoms with E-state index < -0.39 is 11.0 Å². The fourth-order valence-electron chi connectivity index (χ4n) is 2.51. The van der Waals surface area contributed by atoms with Gasteiger partial charge in [-0.3, -0.25) is 4.79 Å². The lowest BCUT2D eigenvalue weighted by molar-refractivity contribution is -0.129. The number of carbonyl (C=O) groups excluding carboxylic acids is 1. The molecule has 2 rings (SSSR count). The van der Waals surface area contributed by atoms with Gasteiger partial charge in [0.2, 0.25) is 5.91 Å². The number of hydrogen-bond donors (Lipinski definition) is 0. The third-order valence-electron chi connectivity index (χ3n) is 4.12. The lowest BCUT2D eigenvalue weighted by Gasteiger charge is -2.35. The molecule has 0 aromatic heterocycles. The normalized spacial score (nSPS) is 17.8. The topological polar surface area (TPSA) is 53.0 Å². The number of piperazine rings is 1. The number of rotatable bonds is 3. The number of carbonyl (C=O) groups is 1. The molecule has 5 nitrogen and oxygen atoms in total. The first-order valence-corrected chi connectivity index (χ1v) is 9.37. The van der Waals surface area contributed by atoms with Crippen LogP contribution in [0.25, 0.3) is 0 Å².